The minimum Gasteiger partial charge on any atom is -0.507 e. The number of rotatable bonds is 32. The number of nitrogens with one attached hydrogen (secondary N) is 11. The smallest absolute Gasteiger partial charge is 0.352 e. The highest BCUT2D eigenvalue weighted by Gasteiger charge is 2.57. The summed E-state index contributed by atoms with van der Waals surface area (Å²) in [5, 5.41) is 159. The molecule has 0 radical (unpaired) electrons. The first-order chi connectivity index (χ1) is 70.3. The zero-order valence-electron chi connectivity index (χ0n) is 79.8. The van der Waals surface area contributed by atoms with Crippen molar-refractivity contribution >= 4 is 134 Å². The number of nitrogen functional groups attached to an aromatic ring is 1. The summed E-state index contributed by atoms with van der Waals surface area (Å²) in [5.74, 6) is -20.7. The number of primary amides is 1. The first-order valence-corrected chi connectivity index (χ1v) is 49.0. The van der Waals surface area contributed by atoms with Gasteiger partial charge in [-0.25, -0.2) is 14.2 Å². The van der Waals surface area contributed by atoms with Crippen molar-refractivity contribution < 1.29 is 156 Å². The van der Waals surface area contributed by atoms with Crippen LogP contribution < -0.4 is 94.5 Å². The van der Waals surface area contributed by atoms with Crippen molar-refractivity contribution in [2.45, 2.75) is 213 Å². The lowest BCUT2D eigenvalue weighted by Crippen LogP contribution is -2.71. The van der Waals surface area contributed by atoms with E-state index in [9.17, 15) is 94.5 Å². The number of β-lactam (4-membered cyclic amide) rings is 1. The number of nitrogens with two attached hydrogens (primary N) is 3. The number of oxime groups is 1. The second kappa shape index (κ2) is 47.1. The molecule has 0 saturated carbocycles. The maximum absolute atomic E-state index is 16.4. The number of phenolic OH excluding ortho intramolecular Hbond substituents is 3. The summed E-state index contributed by atoms with van der Waals surface area (Å²) in [6.45, 7) is 4.95. The van der Waals surface area contributed by atoms with Crippen LogP contribution in [0.15, 0.2) is 114 Å². The Morgan fingerprint density at radius 1 is 0.743 bits per heavy atom. The number of carboxylic acids is 2. The number of aliphatic hydroxyl groups is 6. The number of benzene rings is 5. The SMILES string of the molecule is CN[C@H](CC(C)C)C(=O)N[C@H]1C(=O)N[C@@H](CC(N)=O)C(=O)N[C@H]2C(=O)NC3C(=O)NC(C(=O)N[C@H](C(=O)O)c4cc(O)c(CNCCNC(=O)CCCCC(=O)NCc5ccc[n+](CC6=C(C(=O)O)N7C(=O)[C@@H](NC(=O)/C(=N\OC)c8nsc(N)n8)[C@H]7SC6)c5)c(O)c4-c4cc3ccc4O)[C@H](O)c3ccc(c(Cl)c3)Oc3cc2cc(c3O[C@@H]2O[C@H](CO)[C@@H](O)[C@H](O)[C@H]2O[C@H]2C[C@](C)(N)[C@H](O)[C@H](C)O2)Oc2ccc(cc2Cl)[C@H]1O. The summed E-state index contributed by atoms with van der Waals surface area (Å²) in [6.07, 6.45) is -15.4. The third-order valence-electron chi connectivity index (χ3n) is 25.4. The summed E-state index contributed by atoms with van der Waals surface area (Å²) < 4.78 is 44.3. The van der Waals surface area contributed by atoms with Gasteiger partial charge in [0.2, 0.25) is 76.7 Å². The molecule has 2 unspecified atom stereocenters. The summed E-state index contributed by atoms with van der Waals surface area (Å²) in [5.41, 5.74) is 13.2. The van der Waals surface area contributed by atoms with Gasteiger partial charge in [-0.15, -0.1) is 11.8 Å². The number of amides is 11. The lowest BCUT2D eigenvalue weighted by molar-refractivity contribution is -0.689. The van der Waals surface area contributed by atoms with Crippen molar-refractivity contribution in [1.82, 2.24) is 72.7 Å². The van der Waals surface area contributed by atoms with Gasteiger partial charge >= 0.3 is 11.9 Å². The molecule has 3 saturated heterocycles. The van der Waals surface area contributed by atoms with E-state index < -0.39 is 295 Å². The van der Waals surface area contributed by atoms with Gasteiger partial charge in [-0.3, -0.25) is 57.6 Å². The quantitative estimate of drug-likeness (QED) is 0.00766. The molecular weight excluding hydrogens is 2030 g/mol. The number of unbranched alkanes of at least 4 members (excludes halogenated alkanes) is 1. The van der Waals surface area contributed by atoms with Gasteiger partial charge < -0.3 is 165 Å². The Kier molecular flexibility index (Phi) is 35.0. The highest BCUT2D eigenvalue weighted by atomic mass is 35.5. The number of carbonyl (C=O) groups is 13. The van der Waals surface area contributed by atoms with Crippen LogP contribution in [0.2, 0.25) is 10.0 Å². The number of hydrogen-bond donors (Lipinski definition) is 25. The minimum atomic E-state index is -2.44. The zero-order valence-corrected chi connectivity index (χ0v) is 83.0. The molecule has 28 N–H and O–H groups in total. The van der Waals surface area contributed by atoms with Crippen LogP contribution in [0.25, 0.3) is 11.1 Å². The van der Waals surface area contributed by atoms with E-state index in [4.69, 9.17) is 73.7 Å². The maximum atomic E-state index is 16.4. The number of anilines is 1. The number of aromatic hydroxyl groups is 3. The molecule has 2 aromatic heterocycles. The van der Waals surface area contributed by atoms with Gasteiger partial charge in [0.05, 0.1) is 46.9 Å². The van der Waals surface area contributed by atoms with Gasteiger partial charge in [0.1, 0.15) is 114 Å². The number of pyridine rings is 1. The van der Waals surface area contributed by atoms with Gasteiger partial charge in [0.25, 0.3) is 11.8 Å². The fourth-order valence-corrected chi connectivity index (χ4v) is 20.0. The number of thioether (sulfide) groups is 1. The van der Waals surface area contributed by atoms with Gasteiger partial charge in [-0.2, -0.15) is 9.36 Å². The Hall–Kier alpha value is -13.8. The average Bonchev–Trinajstić information content (AvgIpc) is 0.814. The van der Waals surface area contributed by atoms with Crippen molar-refractivity contribution in [3.8, 4) is 57.1 Å². The topological polar surface area (TPSA) is 765 Å². The van der Waals surface area contributed by atoms with Gasteiger partial charge in [0, 0.05) is 102 Å². The van der Waals surface area contributed by atoms with Crippen molar-refractivity contribution in [2.24, 2.45) is 22.5 Å². The standard InChI is InChI=1S/C94H109Cl2N19O31S2/c1-37(2)22-50(100-5)81(128)108-67-72(122)41-14-17-54(48(95)24-41)142-56-26-43-27-57(77(56)146-92-78(76(126)75(125)58(35-116)144-92)145-62-30-94(4,99)79(127)38(3)141-62)143-55-18-15-42(25-49(55)96)73(123)68-86(133)107-66(90(136)137)46-28-53(118)47(74(124)63(46)45-23-40(13-16-52(45)117)64(83(130)109-68)106-84(131)65(43)105-82(129)51(29-59(97)119)104-85(67)132)32-101-19-20-102-60(120)11-7-8-12-61(121)103-31-39-10-9-21-114(33-39)34-44-36-147-89-70(88(135)115(89)71(44)91(138)139)110-87(134)69(112-140-6)80-111-93(98)148-113-80/h9-10,13-18,21,23-28,33,37-38,50-51,58,62,64-68,70,72-73,75-76,78-79,89,92,100-101,116,122-123,125-127H,7-8,11-12,19-20,22,29-32,34-36,99H2,1-6H3,(H17-,97,98,102,103,104,105,106,107,108,109,110,111,112,113,117,118,119,120,121,124,128,129,130,131,132,133,134,136,137,138,139)/p+1/t38-,50+,51-,58+,62-,64?,65+,66-,67+,68?,70+,72+,73+,75+,76-,78+,79+,89+,92-,94-/m0/s1. The number of aliphatic carboxylic acids is 2. The molecule has 54 heteroatoms. The predicted octanol–water partition coefficient (Wildman–Crippen LogP) is -1.30. The third-order valence-corrected chi connectivity index (χ3v) is 27.9. The molecule has 11 bridgehead atoms. The molecule has 9 aliphatic heterocycles. The van der Waals surface area contributed by atoms with Crippen molar-refractivity contribution in [3.63, 3.8) is 0 Å². The predicted molar refractivity (Wildman–Crippen MR) is 519 cm³/mol. The summed E-state index contributed by atoms with van der Waals surface area (Å²) in [7, 11) is 2.65. The molecule has 5 aromatic carbocycles. The number of hydrogen-bond acceptors (Lipinski definition) is 38. The molecule has 7 aromatic rings. The van der Waals surface area contributed by atoms with Crippen LogP contribution in [0, 0.1) is 5.92 Å². The van der Waals surface area contributed by atoms with E-state index in [1.54, 1.807) is 42.9 Å². The number of carbonyl (C=O) groups excluding carboxylic acids is 11. The van der Waals surface area contributed by atoms with E-state index in [0.29, 0.717) is 11.1 Å². The minimum absolute atomic E-state index is 0.00583. The molecule has 20 atom stereocenters. The third kappa shape index (κ3) is 24.7. The monoisotopic (exact) mass is 2130 g/mol. The molecule has 9 aliphatic rings. The van der Waals surface area contributed by atoms with Crippen LogP contribution >= 0.6 is 46.5 Å². The Morgan fingerprint density at radius 3 is 2.02 bits per heavy atom. The number of halogens is 2. The highest BCUT2D eigenvalue weighted by Crippen LogP contribution is 2.52. The van der Waals surface area contributed by atoms with E-state index in [1.165, 1.54) is 51.9 Å². The normalized spacial score (nSPS) is 25.8. The summed E-state index contributed by atoms with van der Waals surface area (Å²) >= 11 is 16.3. The lowest BCUT2D eigenvalue weighted by atomic mass is 9.86. The molecule has 0 spiro atoms. The lowest BCUT2D eigenvalue weighted by Gasteiger charge is -2.49. The summed E-state index contributed by atoms with van der Waals surface area (Å²) in [4.78, 5) is 196. The van der Waals surface area contributed by atoms with Crippen LogP contribution in [0.5, 0.6) is 46.0 Å². The molecule has 50 nitrogen and oxygen atoms in total. The van der Waals surface area contributed by atoms with Crippen molar-refractivity contribution in [2.75, 3.05) is 45.3 Å². The first-order valence-electron chi connectivity index (χ1n) is 46.5. The van der Waals surface area contributed by atoms with Crippen LogP contribution in [0.4, 0.5) is 5.13 Å². The zero-order chi connectivity index (χ0) is 107. The fraction of sp³-hybridized carbons (Fsp3) is 0.436. The van der Waals surface area contributed by atoms with E-state index in [-0.39, 0.29) is 122 Å². The van der Waals surface area contributed by atoms with E-state index in [0.717, 1.165) is 77.1 Å². The number of phenols is 3. The maximum Gasteiger partial charge on any atom is 0.352 e. The Balaban J connectivity index is 0.741. The molecule has 148 heavy (non-hydrogen) atoms. The van der Waals surface area contributed by atoms with Crippen molar-refractivity contribution in [1.29, 1.82) is 0 Å². The van der Waals surface area contributed by atoms with E-state index in [2.05, 4.69) is 73.0 Å². The second-order valence-corrected chi connectivity index (χ2v) is 39.3. The molecule has 792 valence electrons. The molecule has 3 fully saturated rings. The molecule has 16 rings (SSSR count). The van der Waals surface area contributed by atoms with Gasteiger partial charge in [-0.1, -0.05) is 60.4 Å². The van der Waals surface area contributed by atoms with Crippen LogP contribution in [0.3, 0.4) is 0 Å². The van der Waals surface area contributed by atoms with Gasteiger partial charge in [-0.05, 0) is 129 Å². The van der Waals surface area contributed by atoms with Crippen LogP contribution in [-0.4, -0.2) is 283 Å². The Morgan fingerprint density at radius 2 is 1.40 bits per heavy atom. The van der Waals surface area contributed by atoms with E-state index in [1.807, 2.05) is 0 Å². The largest absolute Gasteiger partial charge is 0.507 e. The van der Waals surface area contributed by atoms with Crippen molar-refractivity contribution in [3.05, 3.63) is 163 Å². The summed E-state index contributed by atoms with van der Waals surface area (Å²) in [6, 6.07) is -0.127. The van der Waals surface area contributed by atoms with Gasteiger partial charge in [0.15, 0.2) is 54.0 Å². The number of carboxylic acid groups (broad SMARTS) is 2. The number of aromatic nitrogens is 3. The average molecular weight is 2140 g/mol. The fourth-order valence-electron chi connectivity index (χ4n) is 17.8. The van der Waals surface area contributed by atoms with Crippen LogP contribution in [0.1, 0.15) is 148 Å². The number of aliphatic hydroxyl groups excluding tert-OH is 6. The molecule has 11 heterocycles. The number of likely N-dealkylation sites (N-methyl/N-ethyl adjacent to an activating group) is 1. The number of ether oxygens (including phenoxy) is 6. The Bertz CT molecular complexity index is 6380. The van der Waals surface area contributed by atoms with E-state index >= 15 is 24.0 Å². The Labute approximate surface area is 860 Å². The number of fused-ring (bicyclic) bond motifs is 16. The molecular formula is C94H110Cl2N19O31S2+. The molecule has 11 amide bonds. The number of nitrogens with zero attached hydrogens (tertiary/aromatic N) is 5. The van der Waals surface area contributed by atoms with Crippen LogP contribution in [-0.2, 0) is 101 Å². The molecule has 0 aliphatic carbocycles. The first kappa shape index (κ1) is 110. The highest BCUT2D eigenvalue weighted by molar-refractivity contribution is 8.00. The second-order valence-electron chi connectivity index (χ2n) is 36.6.